The van der Waals surface area contributed by atoms with Crippen molar-refractivity contribution in [2.75, 3.05) is 0 Å². The first-order chi connectivity index (χ1) is 6.04. The minimum absolute atomic E-state index is 0.120. The molecule has 72 valence electrons. The molecule has 3 nitrogen and oxygen atoms in total. The quantitative estimate of drug-likeness (QED) is 0.684. The van der Waals surface area contributed by atoms with Gasteiger partial charge in [-0.3, -0.25) is 0 Å². The normalized spacial score (nSPS) is 14.1. The standard InChI is InChI=1S/C7H6F3NO2/c8-7(9,10)5(4-12)3-6-1-2-13-11-6/h1-2,4-5H,3H2. The van der Waals surface area contributed by atoms with Gasteiger partial charge in [-0.1, -0.05) is 5.16 Å². The number of carbonyl (C=O) groups excluding carboxylic acids is 1. The van der Waals surface area contributed by atoms with Crippen molar-refractivity contribution in [1.82, 2.24) is 5.16 Å². The molecule has 1 aromatic rings. The van der Waals surface area contributed by atoms with E-state index in [0.29, 0.717) is 0 Å². The zero-order valence-electron chi connectivity index (χ0n) is 6.41. The van der Waals surface area contributed by atoms with E-state index in [0.717, 1.165) is 6.26 Å². The van der Waals surface area contributed by atoms with Crippen molar-refractivity contribution in [3.8, 4) is 0 Å². The number of aromatic nitrogens is 1. The fraction of sp³-hybridized carbons (Fsp3) is 0.429. The van der Waals surface area contributed by atoms with E-state index in [1.54, 1.807) is 0 Å². The Labute approximate surface area is 71.5 Å². The van der Waals surface area contributed by atoms with E-state index < -0.39 is 18.5 Å². The molecule has 1 atom stereocenters. The van der Waals surface area contributed by atoms with Crippen LogP contribution in [0.5, 0.6) is 0 Å². The Morgan fingerprint density at radius 2 is 2.31 bits per heavy atom. The van der Waals surface area contributed by atoms with E-state index >= 15 is 0 Å². The largest absolute Gasteiger partial charge is 0.398 e. The van der Waals surface area contributed by atoms with Crippen LogP contribution in [0.15, 0.2) is 16.9 Å². The topological polar surface area (TPSA) is 43.1 Å². The van der Waals surface area contributed by atoms with Crippen molar-refractivity contribution in [2.45, 2.75) is 12.6 Å². The van der Waals surface area contributed by atoms with Crippen LogP contribution in [0.2, 0.25) is 0 Å². The van der Waals surface area contributed by atoms with E-state index in [2.05, 4.69) is 9.68 Å². The Balaban J connectivity index is 2.66. The summed E-state index contributed by atoms with van der Waals surface area (Å²) in [6.07, 6.45) is -3.95. The van der Waals surface area contributed by atoms with Gasteiger partial charge >= 0.3 is 6.18 Å². The summed E-state index contributed by atoms with van der Waals surface area (Å²) in [5.74, 6) is -2.00. The molecule has 1 heterocycles. The van der Waals surface area contributed by atoms with Gasteiger partial charge in [0.25, 0.3) is 0 Å². The van der Waals surface area contributed by atoms with Gasteiger partial charge in [-0.05, 0) is 0 Å². The zero-order valence-corrected chi connectivity index (χ0v) is 6.41. The number of rotatable bonds is 3. The maximum atomic E-state index is 12.0. The highest BCUT2D eigenvalue weighted by Crippen LogP contribution is 2.27. The van der Waals surface area contributed by atoms with Gasteiger partial charge in [0, 0.05) is 12.5 Å². The van der Waals surface area contributed by atoms with Crippen LogP contribution < -0.4 is 0 Å². The zero-order chi connectivity index (χ0) is 9.90. The lowest BCUT2D eigenvalue weighted by molar-refractivity contribution is -0.174. The highest BCUT2D eigenvalue weighted by molar-refractivity contribution is 5.55. The summed E-state index contributed by atoms with van der Waals surface area (Å²) >= 11 is 0. The van der Waals surface area contributed by atoms with E-state index in [1.165, 1.54) is 6.07 Å². The number of nitrogens with zero attached hydrogens (tertiary/aromatic N) is 1. The highest BCUT2D eigenvalue weighted by atomic mass is 19.4. The summed E-state index contributed by atoms with van der Waals surface area (Å²) in [4.78, 5) is 10.1. The Morgan fingerprint density at radius 1 is 1.62 bits per heavy atom. The summed E-state index contributed by atoms with van der Waals surface area (Å²) in [7, 11) is 0. The third kappa shape index (κ3) is 2.57. The van der Waals surface area contributed by atoms with E-state index in [-0.39, 0.29) is 12.0 Å². The average Bonchev–Trinajstić information content (AvgIpc) is 2.49. The van der Waals surface area contributed by atoms with Crippen molar-refractivity contribution in [3.63, 3.8) is 0 Å². The number of hydrogen-bond acceptors (Lipinski definition) is 3. The van der Waals surface area contributed by atoms with Crippen LogP contribution >= 0.6 is 0 Å². The molecule has 0 fully saturated rings. The minimum atomic E-state index is -4.51. The van der Waals surface area contributed by atoms with Crippen LogP contribution in [0.4, 0.5) is 13.2 Å². The molecule has 0 N–H and O–H groups in total. The van der Waals surface area contributed by atoms with E-state index in [4.69, 9.17) is 0 Å². The fourth-order valence-electron chi connectivity index (χ4n) is 0.809. The predicted molar refractivity (Wildman–Crippen MR) is 35.8 cm³/mol. The fourth-order valence-corrected chi connectivity index (χ4v) is 0.809. The minimum Gasteiger partial charge on any atom is -0.365 e. The van der Waals surface area contributed by atoms with Crippen molar-refractivity contribution in [1.29, 1.82) is 0 Å². The Bertz CT molecular complexity index is 268. The Morgan fingerprint density at radius 3 is 2.69 bits per heavy atom. The molecular formula is C7H6F3NO2. The van der Waals surface area contributed by atoms with Gasteiger partial charge in [0.1, 0.15) is 18.5 Å². The van der Waals surface area contributed by atoms with Crippen LogP contribution in [0, 0.1) is 5.92 Å². The van der Waals surface area contributed by atoms with E-state index in [1.807, 2.05) is 0 Å². The lowest BCUT2D eigenvalue weighted by Gasteiger charge is -2.11. The lowest BCUT2D eigenvalue weighted by Crippen LogP contribution is -2.26. The molecule has 0 saturated carbocycles. The Hall–Kier alpha value is -1.33. The molecule has 0 saturated heterocycles. The molecule has 0 aliphatic heterocycles. The summed E-state index contributed by atoms with van der Waals surface area (Å²) in [5.41, 5.74) is 0.120. The lowest BCUT2D eigenvalue weighted by atomic mass is 10.1. The van der Waals surface area contributed by atoms with Gasteiger partial charge < -0.3 is 9.32 Å². The summed E-state index contributed by atoms with van der Waals surface area (Å²) in [6.45, 7) is 0. The highest BCUT2D eigenvalue weighted by Gasteiger charge is 2.39. The molecule has 0 bridgehead atoms. The Kier molecular flexibility index (Phi) is 2.69. The second-order valence-electron chi connectivity index (χ2n) is 2.48. The third-order valence-corrected chi connectivity index (χ3v) is 1.51. The maximum absolute atomic E-state index is 12.0. The first-order valence-electron chi connectivity index (χ1n) is 3.45. The van der Waals surface area contributed by atoms with Crippen LogP contribution in [0.25, 0.3) is 0 Å². The second-order valence-corrected chi connectivity index (χ2v) is 2.48. The number of alkyl halides is 3. The van der Waals surface area contributed by atoms with Crippen LogP contribution in [0.3, 0.4) is 0 Å². The van der Waals surface area contributed by atoms with Gasteiger partial charge in [0.2, 0.25) is 0 Å². The summed E-state index contributed by atoms with van der Waals surface area (Å²) < 4.78 is 40.4. The van der Waals surface area contributed by atoms with Crippen LogP contribution in [0.1, 0.15) is 5.69 Å². The van der Waals surface area contributed by atoms with Crippen molar-refractivity contribution in [2.24, 2.45) is 5.92 Å². The number of aldehydes is 1. The molecule has 0 amide bonds. The number of hydrogen-bond donors (Lipinski definition) is 0. The summed E-state index contributed by atoms with van der Waals surface area (Å²) in [5, 5.41) is 3.28. The molecule has 1 aromatic heterocycles. The van der Waals surface area contributed by atoms with Gasteiger partial charge in [-0.25, -0.2) is 0 Å². The molecule has 1 rings (SSSR count). The second kappa shape index (κ2) is 3.59. The average molecular weight is 193 g/mol. The number of carbonyl (C=O) groups is 1. The first-order valence-corrected chi connectivity index (χ1v) is 3.45. The molecule has 13 heavy (non-hydrogen) atoms. The van der Waals surface area contributed by atoms with Gasteiger partial charge in [0.05, 0.1) is 5.69 Å². The molecule has 0 aromatic carbocycles. The van der Waals surface area contributed by atoms with Gasteiger partial charge in [-0.2, -0.15) is 13.2 Å². The molecule has 1 unspecified atom stereocenters. The van der Waals surface area contributed by atoms with Crippen LogP contribution in [-0.2, 0) is 11.2 Å². The van der Waals surface area contributed by atoms with Crippen molar-refractivity contribution in [3.05, 3.63) is 18.0 Å². The molecule has 0 aliphatic rings. The maximum Gasteiger partial charge on any atom is 0.398 e. The predicted octanol–water partition coefficient (Wildman–Crippen LogP) is 1.59. The van der Waals surface area contributed by atoms with E-state index in [9.17, 15) is 18.0 Å². The first kappa shape index (κ1) is 9.76. The van der Waals surface area contributed by atoms with Gasteiger partial charge in [0.15, 0.2) is 0 Å². The third-order valence-electron chi connectivity index (χ3n) is 1.51. The van der Waals surface area contributed by atoms with Crippen molar-refractivity contribution >= 4 is 6.29 Å². The molecule has 0 aliphatic carbocycles. The number of halogens is 3. The summed E-state index contributed by atoms with van der Waals surface area (Å²) in [6, 6.07) is 1.29. The monoisotopic (exact) mass is 193 g/mol. The smallest absolute Gasteiger partial charge is 0.365 e. The van der Waals surface area contributed by atoms with Crippen molar-refractivity contribution < 1.29 is 22.5 Å². The molecule has 0 spiro atoms. The SMILES string of the molecule is O=CC(Cc1ccon1)C(F)(F)F. The van der Waals surface area contributed by atoms with Crippen LogP contribution in [-0.4, -0.2) is 17.6 Å². The van der Waals surface area contributed by atoms with Gasteiger partial charge in [-0.15, -0.1) is 0 Å². The molecule has 6 heteroatoms. The molecular weight excluding hydrogens is 187 g/mol. The molecule has 0 radical (unpaired) electrons.